The van der Waals surface area contributed by atoms with E-state index in [0.29, 0.717) is 11.8 Å². The van der Waals surface area contributed by atoms with Crippen molar-refractivity contribution in [3.05, 3.63) is 139 Å². The van der Waals surface area contributed by atoms with Gasteiger partial charge in [-0.05, 0) is 56.2 Å². The van der Waals surface area contributed by atoms with Crippen molar-refractivity contribution < 1.29 is 20.1 Å². The maximum Gasteiger partial charge on any atom is 0.0795 e. The molecule has 0 saturated heterocycles. The summed E-state index contributed by atoms with van der Waals surface area (Å²) in [7, 11) is -1.23. The number of pyridine rings is 2. The Morgan fingerprint density at radius 1 is 0.708 bits per heavy atom. The van der Waals surface area contributed by atoms with Crippen LogP contribution in [0, 0.1) is 12.1 Å². The predicted molar refractivity (Wildman–Crippen MR) is 207 cm³/mol. The molecular weight excluding hydrogens is 797 g/mol. The normalized spacial score (nSPS) is 11.4. The molecule has 0 saturated carbocycles. The van der Waals surface area contributed by atoms with E-state index < -0.39 is 8.07 Å². The number of aromatic nitrogens is 2. The molecule has 1 radical (unpaired) electrons. The monoisotopic (exact) mass is 839 g/mol. The van der Waals surface area contributed by atoms with E-state index in [1.165, 1.54) is 47.6 Å². The molecule has 0 atom stereocenters. The average molecular weight is 839 g/mol. The Kier molecular flexibility index (Phi) is 11.3. The summed E-state index contributed by atoms with van der Waals surface area (Å²) in [5, 5.41) is 4.03. The van der Waals surface area contributed by atoms with Crippen LogP contribution in [-0.4, -0.2) is 18.0 Å². The third kappa shape index (κ3) is 7.77. The second-order valence-electron chi connectivity index (χ2n) is 13.7. The minimum Gasteiger partial charge on any atom is -0.305 e. The van der Waals surface area contributed by atoms with Crippen LogP contribution in [0.5, 0.6) is 0 Å². The van der Waals surface area contributed by atoms with Crippen LogP contribution in [0.4, 0.5) is 0 Å². The van der Waals surface area contributed by atoms with Gasteiger partial charge in [0, 0.05) is 37.2 Å². The zero-order valence-electron chi connectivity index (χ0n) is 28.8. The van der Waals surface area contributed by atoms with Crippen LogP contribution in [0.3, 0.4) is 0 Å². The van der Waals surface area contributed by atoms with Crippen molar-refractivity contribution in [3.8, 4) is 33.6 Å². The summed E-state index contributed by atoms with van der Waals surface area (Å²) in [4.78, 5) is 9.25. The first-order chi connectivity index (χ1) is 22.6. The average Bonchev–Trinajstić information content (AvgIpc) is 3.48. The molecular formula is C43H42IrN2SSi-2. The Hall–Kier alpha value is -3.73. The van der Waals surface area contributed by atoms with Crippen molar-refractivity contribution >= 4 is 44.8 Å². The van der Waals surface area contributed by atoms with Crippen LogP contribution in [0.1, 0.15) is 50.7 Å². The number of benzene rings is 4. The molecule has 0 fully saturated rings. The van der Waals surface area contributed by atoms with Gasteiger partial charge < -0.3 is 9.97 Å². The Morgan fingerprint density at radius 2 is 1.44 bits per heavy atom. The zero-order chi connectivity index (χ0) is 33.1. The van der Waals surface area contributed by atoms with Crippen LogP contribution in [0.25, 0.3) is 53.8 Å². The quantitative estimate of drug-likeness (QED) is 0.123. The first kappa shape index (κ1) is 35.6. The number of rotatable bonds is 6. The fraction of sp³-hybridized carbons (Fsp3) is 0.209. The SMILES string of the molecule is CC(C)c1ccnc(-c2[c-]cc(-c3ccccc3)c3c2sc2cc(C(C)C)ccc23)c1.C[Si](C)(C)c1ccc(-c2[c-]cccc2)nc1.[Ir]. The Labute approximate surface area is 304 Å². The van der Waals surface area contributed by atoms with Crippen molar-refractivity contribution in [2.24, 2.45) is 0 Å². The van der Waals surface area contributed by atoms with E-state index in [4.69, 9.17) is 4.98 Å². The largest absolute Gasteiger partial charge is 0.305 e. The van der Waals surface area contributed by atoms with E-state index in [1.54, 1.807) is 0 Å². The molecule has 0 aliphatic heterocycles. The van der Waals surface area contributed by atoms with E-state index >= 15 is 0 Å². The molecule has 7 rings (SSSR count). The van der Waals surface area contributed by atoms with Gasteiger partial charge >= 0.3 is 0 Å². The van der Waals surface area contributed by atoms with Gasteiger partial charge in [-0.2, -0.15) is 11.3 Å². The van der Waals surface area contributed by atoms with Gasteiger partial charge in [0.25, 0.3) is 0 Å². The van der Waals surface area contributed by atoms with Crippen LogP contribution in [0.15, 0.2) is 116 Å². The predicted octanol–water partition coefficient (Wildman–Crippen LogP) is 11.9. The van der Waals surface area contributed by atoms with Gasteiger partial charge in [-0.3, -0.25) is 0 Å². The second kappa shape index (κ2) is 15.2. The van der Waals surface area contributed by atoms with Gasteiger partial charge in [-0.15, -0.1) is 53.6 Å². The number of fused-ring (bicyclic) bond motifs is 3. The number of hydrogen-bond donors (Lipinski definition) is 0. The molecule has 0 N–H and O–H groups in total. The second-order valence-corrected chi connectivity index (χ2v) is 19.9. The third-order valence-corrected chi connectivity index (χ3v) is 11.8. The first-order valence-corrected chi connectivity index (χ1v) is 20.8. The van der Waals surface area contributed by atoms with Crippen molar-refractivity contribution in [1.82, 2.24) is 9.97 Å². The molecule has 4 aromatic carbocycles. The molecule has 2 nitrogen and oxygen atoms in total. The van der Waals surface area contributed by atoms with E-state index in [9.17, 15) is 0 Å². The van der Waals surface area contributed by atoms with Crippen molar-refractivity contribution in [2.75, 3.05) is 0 Å². The van der Waals surface area contributed by atoms with Crippen LogP contribution < -0.4 is 5.19 Å². The summed E-state index contributed by atoms with van der Waals surface area (Å²) in [5.41, 5.74) is 9.32. The molecule has 245 valence electrons. The molecule has 0 unspecified atom stereocenters. The molecule has 5 heteroatoms. The van der Waals surface area contributed by atoms with Crippen LogP contribution in [-0.2, 0) is 20.1 Å². The maximum atomic E-state index is 4.74. The van der Waals surface area contributed by atoms with Crippen molar-refractivity contribution in [1.29, 1.82) is 0 Å². The van der Waals surface area contributed by atoms with Crippen molar-refractivity contribution in [3.63, 3.8) is 0 Å². The minimum atomic E-state index is -1.23. The molecule has 0 amide bonds. The molecule has 0 aliphatic rings. The summed E-state index contributed by atoms with van der Waals surface area (Å²) >= 11 is 1.87. The van der Waals surface area contributed by atoms with Gasteiger partial charge in [0.05, 0.1) is 8.07 Å². The summed E-state index contributed by atoms with van der Waals surface area (Å²) in [5.74, 6) is 0.982. The number of hydrogen-bond acceptors (Lipinski definition) is 3. The van der Waals surface area contributed by atoms with Crippen LogP contribution >= 0.6 is 11.3 Å². The molecule has 48 heavy (non-hydrogen) atoms. The van der Waals surface area contributed by atoms with Crippen molar-refractivity contribution in [2.45, 2.75) is 59.2 Å². The fourth-order valence-corrected chi connectivity index (χ4v) is 8.04. The molecule has 0 aliphatic carbocycles. The summed E-state index contributed by atoms with van der Waals surface area (Å²) in [6, 6.07) is 43.1. The van der Waals surface area contributed by atoms with Gasteiger partial charge in [-0.25, -0.2) is 0 Å². The van der Waals surface area contributed by atoms with E-state index in [2.05, 4.69) is 143 Å². The Morgan fingerprint density at radius 3 is 2.08 bits per heavy atom. The summed E-state index contributed by atoms with van der Waals surface area (Å²) in [6.07, 6.45) is 3.95. The van der Waals surface area contributed by atoms with E-state index in [-0.39, 0.29) is 20.1 Å². The van der Waals surface area contributed by atoms with Gasteiger partial charge in [0.1, 0.15) is 0 Å². The topological polar surface area (TPSA) is 25.8 Å². The molecule has 0 spiro atoms. The first-order valence-electron chi connectivity index (χ1n) is 16.5. The third-order valence-electron chi connectivity index (χ3n) is 8.64. The summed E-state index contributed by atoms with van der Waals surface area (Å²) < 4.78 is 2.60. The molecule has 3 heterocycles. The molecule has 0 bridgehead atoms. The molecule has 3 aromatic heterocycles. The maximum absolute atomic E-state index is 4.74. The standard InChI is InChI=1S/C29H26NS.C14H16NSi.Ir/c1-18(2)21-10-11-25-27(17-21)31-29-24(26-16-22(19(3)4)14-15-30-26)13-12-23(28(25)29)20-8-6-5-7-9-20;1-16(2,3)13-9-10-14(15-11-13)12-7-5-4-6-8-12;/h5-12,14-19H,1-4H3;4-7,9-11H,1-3H3;/q2*-1;. The minimum absolute atomic E-state index is 0. The van der Waals surface area contributed by atoms with Crippen LogP contribution in [0.2, 0.25) is 19.6 Å². The number of nitrogens with zero attached hydrogens (tertiary/aromatic N) is 2. The van der Waals surface area contributed by atoms with Gasteiger partial charge in [0.15, 0.2) is 0 Å². The van der Waals surface area contributed by atoms with Gasteiger partial charge in [0.2, 0.25) is 0 Å². The summed E-state index contributed by atoms with van der Waals surface area (Å²) in [6.45, 7) is 16.0. The number of thiophene rings is 1. The van der Waals surface area contributed by atoms with E-state index in [1.807, 2.05) is 48.0 Å². The Balaban J connectivity index is 0.000000224. The zero-order valence-corrected chi connectivity index (χ0v) is 33.0. The fourth-order valence-electron chi connectivity index (χ4n) is 5.73. The smallest absolute Gasteiger partial charge is 0.0795 e. The Bertz CT molecular complexity index is 2110. The molecule has 7 aromatic rings. The van der Waals surface area contributed by atoms with Gasteiger partial charge in [-0.1, -0.05) is 130 Å². The van der Waals surface area contributed by atoms with E-state index in [0.717, 1.165) is 22.5 Å².